The number of carbonyl (C=O) groups excluding carboxylic acids is 2. The maximum Gasteiger partial charge on any atom is 0.251 e. The molecular weight excluding hydrogens is 470 g/mol. The van der Waals surface area contributed by atoms with Gasteiger partial charge in [-0.15, -0.1) is 0 Å². The van der Waals surface area contributed by atoms with Crippen LogP contribution in [0.1, 0.15) is 56.8 Å². The van der Waals surface area contributed by atoms with E-state index in [1.165, 1.54) is 0 Å². The van der Waals surface area contributed by atoms with Crippen LogP contribution in [0, 0.1) is 29.1 Å². The number of nitrogens with one attached hydrogen (secondary N) is 2. The van der Waals surface area contributed by atoms with E-state index < -0.39 is 6.10 Å². The molecule has 2 aliphatic carbocycles. The molecule has 37 heavy (non-hydrogen) atoms. The average molecular weight is 516 g/mol. The van der Waals surface area contributed by atoms with Crippen LogP contribution in [-0.4, -0.2) is 80.5 Å². The maximum absolute atomic E-state index is 13.0. The highest BCUT2D eigenvalue weighted by atomic mass is 16.5. The fraction of sp³-hybridized carbons (Fsp3) is 0.724. The zero-order valence-corrected chi connectivity index (χ0v) is 22.9. The molecule has 0 aromatic heterocycles. The molecule has 1 aromatic rings. The van der Waals surface area contributed by atoms with Crippen molar-refractivity contribution in [2.45, 2.75) is 58.6 Å². The van der Waals surface area contributed by atoms with Crippen molar-refractivity contribution < 1.29 is 24.2 Å². The van der Waals surface area contributed by atoms with E-state index in [0.29, 0.717) is 17.9 Å². The predicted octanol–water partition coefficient (Wildman–Crippen LogP) is 2.70. The van der Waals surface area contributed by atoms with E-state index in [-0.39, 0.29) is 46.9 Å². The van der Waals surface area contributed by atoms with E-state index in [2.05, 4.69) is 29.4 Å². The van der Waals surface area contributed by atoms with Crippen LogP contribution in [0.4, 0.5) is 0 Å². The Kier molecular flexibility index (Phi) is 9.14. The van der Waals surface area contributed by atoms with Gasteiger partial charge in [-0.2, -0.15) is 0 Å². The SMILES string of the molecule is COc1ccc(C(=O)N[C@H]2CC[C@]3(C)CC[C@H]([C@H](C)C(=O)NCCN4CCOCC4)[C@H](O)[C@H]3[C@@H]2C)cc1. The second-order valence-electron chi connectivity index (χ2n) is 11.6. The van der Waals surface area contributed by atoms with Crippen molar-refractivity contribution in [1.29, 1.82) is 0 Å². The number of ether oxygens (including phenoxy) is 2. The summed E-state index contributed by atoms with van der Waals surface area (Å²) in [6, 6.07) is 7.12. The third kappa shape index (κ3) is 6.29. The minimum Gasteiger partial charge on any atom is -0.497 e. The molecule has 0 radical (unpaired) electrons. The van der Waals surface area contributed by atoms with Crippen LogP contribution < -0.4 is 15.4 Å². The van der Waals surface area contributed by atoms with Crippen molar-refractivity contribution >= 4 is 11.8 Å². The first-order chi connectivity index (χ1) is 17.7. The first-order valence-corrected chi connectivity index (χ1v) is 13.9. The molecule has 206 valence electrons. The minimum absolute atomic E-state index is 0.0151. The zero-order valence-electron chi connectivity index (χ0n) is 22.9. The lowest BCUT2D eigenvalue weighted by Crippen LogP contribution is -2.58. The van der Waals surface area contributed by atoms with Crippen molar-refractivity contribution in [3.8, 4) is 5.75 Å². The summed E-state index contributed by atoms with van der Waals surface area (Å²) in [7, 11) is 1.61. The molecule has 1 heterocycles. The van der Waals surface area contributed by atoms with Crippen molar-refractivity contribution in [3.63, 3.8) is 0 Å². The number of rotatable bonds is 8. The van der Waals surface area contributed by atoms with Gasteiger partial charge in [-0.25, -0.2) is 0 Å². The van der Waals surface area contributed by atoms with Crippen LogP contribution in [0.25, 0.3) is 0 Å². The number of aliphatic hydroxyl groups excluding tert-OH is 1. The van der Waals surface area contributed by atoms with Gasteiger partial charge in [0.2, 0.25) is 5.91 Å². The molecule has 2 saturated carbocycles. The highest BCUT2D eigenvalue weighted by molar-refractivity contribution is 5.94. The van der Waals surface area contributed by atoms with E-state index in [0.717, 1.165) is 58.5 Å². The first-order valence-electron chi connectivity index (χ1n) is 13.9. The van der Waals surface area contributed by atoms with Gasteiger partial charge in [0, 0.05) is 43.7 Å². The lowest BCUT2D eigenvalue weighted by atomic mass is 9.51. The summed E-state index contributed by atoms with van der Waals surface area (Å²) in [5.74, 6) is 0.437. The first kappa shape index (κ1) is 27.9. The Morgan fingerprint density at radius 3 is 2.54 bits per heavy atom. The number of benzene rings is 1. The number of fused-ring (bicyclic) bond motifs is 1. The van der Waals surface area contributed by atoms with Crippen molar-refractivity contribution in [3.05, 3.63) is 29.8 Å². The zero-order chi connectivity index (χ0) is 26.6. The van der Waals surface area contributed by atoms with Gasteiger partial charge in [0.05, 0.1) is 26.4 Å². The number of carbonyl (C=O) groups is 2. The number of aliphatic hydroxyl groups is 1. The molecule has 3 N–H and O–H groups in total. The Morgan fingerprint density at radius 1 is 1.19 bits per heavy atom. The number of morpholine rings is 1. The van der Waals surface area contributed by atoms with Crippen LogP contribution in [0.5, 0.6) is 5.75 Å². The lowest BCUT2D eigenvalue weighted by Gasteiger charge is -2.56. The summed E-state index contributed by atoms with van der Waals surface area (Å²) < 4.78 is 10.6. The summed E-state index contributed by atoms with van der Waals surface area (Å²) >= 11 is 0. The molecule has 1 saturated heterocycles. The number of nitrogens with zero attached hydrogens (tertiary/aromatic N) is 1. The van der Waals surface area contributed by atoms with E-state index in [9.17, 15) is 14.7 Å². The van der Waals surface area contributed by atoms with Crippen LogP contribution in [0.3, 0.4) is 0 Å². The Hall–Kier alpha value is -2.16. The molecule has 8 nitrogen and oxygen atoms in total. The fourth-order valence-corrected chi connectivity index (χ4v) is 7.01. The molecule has 0 unspecified atom stereocenters. The summed E-state index contributed by atoms with van der Waals surface area (Å²) in [6.07, 6.45) is 3.12. The topological polar surface area (TPSA) is 100 Å². The molecule has 7 atom stereocenters. The van der Waals surface area contributed by atoms with Crippen molar-refractivity contribution in [2.24, 2.45) is 29.1 Å². The molecule has 0 spiro atoms. The molecule has 2 amide bonds. The Bertz CT molecular complexity index is 919. The molecule has 3 fully saturated rings. The van der Waals surface area contributed by atoms with Gasteiger partial charge in [-0.05, 0) is 73.1 Å². The Morgan fingerprint density at radius 2 is 1.86 bits per heavy atom. The van der Waals surface area contributed by atoms with Crippen LogP contribution >= 0.6 is 0 Å². The third-order valence-electron chi connectivity index (χ3n) is 9.44. The standard InChI is InChI=1S/C29H45N3O5/c1-19(27(34)30-13-14-32-15-17-37-18-16-32)23-9-11-29(3)12-10-24(20(2)25(29)26(23)33)31-28(35)21-5-7-22(36-4)8-6-21/h5-8,19-20,23-26,33H,9-18H2,1-4H3,(H,30,34)(H,31,35)/t19-,20+,23+,24-,25+,26-,29-/m0/s1. The van der Waals surface area contributed by atoms with Gasteiger partial charge < -0.3 is 25.2 Å². The van der Waals surface area contributed by atoms with E-state index >= 15 is 0 Å². The maximum atomic E-state index is 13.0. The van der Waals surface area contributed by atoms with Gasteiger partial charge in [-0.1, -0.05) is 20.8 Å². The summed E-state index contributed by atoms with van der Waals surface area (Å²) in [5.41, 5.74) is 0.620. The van der Waals surface area contributed by atoms with Crippen LogP contribution in [-0.2, 0) is 9.53 Å². The number of methoxy groups -OCH3 is 1. The Balaban J connectivity index is 1.35. The van der Waals surface area contributed by atoms with Crippen molar-refractivity contribution in [1.82, 2.24) is 15.5 Å². The van der Waals surface area contributed by atoms with Gasteiger partial charge >= 0.3 is 0 Å². The van der Waals surface area contributed by atoms with Gasteiger partial charge in [0.15, 0.2) is 0 Å². The summed E-state index contributed by atoms with van der Waals surface area (Å²) in [6.45, 7) is 11.1. The average Bonchev–Trinajstić information content (AvgIpc) is 2.90. The number of hydrogen-bond donors (Lipinski definition) is 3. The normalized spacial score (nSPS) is 33.2. The monoisotopic (exact) mass is 515 g/mol. The highest BCUT2D eigenvalue weighted by Gasteiger charge is 2.53. The van der Waals surface area contributed by atoms with Crippen LogP contribution in [0.15, 0.2) is 24.3 Å². The largest absolute Gasteiger partial charge is 0.497 e. The van der Waals surface area contributed by atoms with E-state index in [4.69, 9.17) is 9.47 Å². The number of hydrogen-bond acceptors (Lipinski definition) is 6. The van der Waals surface area contributed by atoms with Gasteiger partial charge in [-0.3, -0.25) is 14.5 Å². The molecular formula is C29H45N3O5. The molecule has 8 heteroatoms. The van der Waals surface area contributed by atoms with Gasteiger partial charge in [0.1, 0.15) is 5.75 Å². The second-order valence-corrected chi connectivity index (χ2v) is 11.6. The fourth-order valence-electron chi connectivity index (χ4n) is 7.01. The summed E-state index contributed by atoms with van der Waals surface area (Å²) in [5, 5.41) is 18.0. The smallest absolute Gasteiger partial charge is 0.251 e. The minimum atomic E-state index is -0.575. The molecule has 0 bridgehead atoms. The van der Waals surface area contributed by atoms with Crippen molar-refractivity contribution in [2.75, 3.05) is 46.5 Å². The quantitative estimate of drug-likeness (QED) is 0.492. The second kappa shape index (κ2) is 12.1. The molecule has 1 aliphatic heterocycles. The van der Waals surface area contributed by atoms with Gasteiger partial charge in [0.25, 0.3) is 5.91 Å². The molecule has 4 rings (SSSR count). The third-order valence-corrected chi connectivity index (χ3v) is 9.44. The molecule has 1 aromatic carbocycles. The van der Waals surface area contributed by atoms with E-state index in [1.54, 1.807) is 31.4 Å². The highest BCUT2D eigenvalue weighted by Crippen LogP contribution is 2.55. The molecule has 3 aliphatic rings. The van der Waals surface area contributed by atoms with Crippen LogP contribution in [0.2, 0.25) is 0 Å². The number of amides is 2. The Labute approximate surface area is 221 Å². The van der Waals surface area contributed by atoms with E-state index in [1.807, 2.05) is 6.92 Å². The summed E-state index contributed by atoms with van der Waals surface area (Å²) in [4.78, 5) is 28.3. The lowest BCUT2D eigenvalue weighted by molar-refractivity contribution is -0.142. The predicted molar refractivity (Wildman–Crippen MR) is 142 cm³/mol.